The van der Waals surface area contributed by atoms with Gasteiger partial charge in [0.1, 0.15) is 0 Å². The van der Waals surface area contributed by atoms with Crippen LogP contribution in [0.3, 0.4) is 0 Å². The second-order valence-corrected chi connectivity index (χ2v) is 5.29. The monoisotopic (exact) mass is 196 g/mol. The van der Waals surface area contributed by atoms with Crippen molar-refractivity contribution in [1.29, 1.82) is 0 Å². The van der Waals surface area contributed by atoms with Crippen LogP contribution in [0.5, 0.6) is 0 Å². The van der Waals surface area contributed by atoms with Crippen molar-refractivity contribution >= 4 is 0 Å². The molecule has 2 aliphatic heterocycles. The van der Waals surface area contributed by atoms with E-state index in [1.54, 1.807) is 0 Å². The molecule has 0 aromatic heterocycles. The highest BCUT2D eigenvalue weighted by Gasteiger charge is 2.35. The summed E-state index contributed by atoms with van der Waals surface area (Å²) in [6, 6.07) is 0. The predicted molar refractivity (Wildman–Crippen MR) is 60.5 cm³/mol. The Morgan fingerprint density at radius 1 is 1.50 bits per heavy atom. The zero-order valence-corrected chi connectivity index (χ0v) is 9.68. The molecule has 0 aliphatic carbocycles. The Labute approximate surface area is 88.1 Å². The van der Waals surface area contributed by atoms with Crippen molar-refractivity contribution in [3.63, 3.8) is 0 Å². The predicted octanol–water partition coefficient (Wildman–Crippen LogP) is 1.86. The van der Waals surface area contributed by atoms with Crippen molar-refractivity contribution in [2.45, 2.75) is 44.6 Å². The number of nitrogens with one attached hydrogen (secondary N) is 1. The quantitative estimate of drug-likeness (QED) is 0.741. The van der Waals surface area contributed by atoms with E-state index >= 15 is 0 Å². The Morgan fingerprint density at radius 2 is 2.36 bits per heavy atom. The summed E-state index contributed by atoms with van der Waals surface area (Å²) in [6.07, 6.45) is 6.93. The molecule has 0 spiro atoms. The Kier molecular flexibility index (Phi) is 3.13. The summed E-state index contributed by atoms with van der Waals surface area (Å²) >= 11 is 0. The van der Waals surface area contributed by atoms with Gasteiger partial charge in [0.25, 0.3) is 0 Å². The fourth-order valence-corrected chi connectivity index (χ4v) is 3.23. The second kappa shape index (κ2) is 4.19. The lowest BCUT2D eigenvalue weighted by atomic mass is 9.83. The zero-order chi connectivity index (χ0) is 10.0. The third-order valence-electron chi connectivity index (χ3n) is 4.18. The molecule has 0 radical (unpaired) electrons. The van der Waals surface area contributed by atoms with Crippen LogP contribution in [-0.2, 0) is 0 Å². The molecule has 82 valence electrons. The summed E-state index contributed by atoms with van der Waals surface area (Å²) in [5.41, 5.74) is 0.510. The van der Waals surface area contributed by atoms with E-state index in [0.29, 0.717) is 5.54 Å². The van der Waals surface area contributed by atoms with Gasteiger partial charge in [-0.1, -0.05) is 6.92 Å². The van der Waals surface area contributed by atoms with Crippen molar-refractivity contribution in [2.75, 3.05) is 26.7 Å². The van der Waals surface area contributed by atoms with Gasteiger partial charge in [-0.05, 0) is 58.2 Å². The van der Waals surface area contributed by atoms with E-state index in [4.69, 9.17) is 0 Å². The largest absolute Gasteiger partial charge is 0.311 e. The summed E-state index contributed by atoms with van der Waals surface area (Å²) in [5.74, 6) is 0.950. The molecule has 0 aromatic carbocycles. The van der Waals surface area contributed by atoms with E-state index in [0.717, 1.165) is 5.92 Å². The van der Waals surface area contributed by atoms with Crippen LogP contribution < -0.4 is 5.32 Å². The smallest absolute Gasteiger partial charge is 0.0182 e. The molecule has 0 aromatic rings. The molecule has 0 bridgehead atoms. The van der Waals surface area contributed by atoms with E-state index in [-0.39, 0.29) is 0 Å². The lowest BCUT2D eigenvalue weighted by molar-refractivity contribution is 0.272. The maximum absolute atomic E-state index is 3.74. The summed E-state index contributed by atoms with van der Waals surface area (Å²) in [7, 11) is 2.25. The lowest BCUT2D eigenvalue weighted by Crippen LogP contribution is -2.41. The van der Waals surface area contributed by atoms with Crippen LogP contribution in [0.4, 0.5) is 0 Å². The highest BCUT2D eigenvalue weighted by atomic mass is 15.1. The normalized spacial score (nSPS) is 39.4. The average Bonchev–Trinajstić information content (AvgIpc) is 2.77. The topological polar surface area (TPSA) is 15.3 Å². The molecule has 2 nitrogen and oxygen atoms in total. The SMILES string of the molecule is CCC1(CC2CCN(C)C2)CCCN1. The van der Waals surface area contributed by atoms with Gasteiger partial charge in [-0.15, -0.1) is 0 Å². The van der Waals surface area contributed by atoms with E-state index in [2.05, 4.69) is 24.2 Å². The van der Waals surface area contributed by atoms with Crippen molar-refractivity contribution in [3.8, 4) is 0 Å². The van der Waals surface area contributed by atoms with Gasteiger partial charge in [0.15, 0.2) is 0 Å². The van der Waals surface area contributed by atoms with Crippen LogP contribution >= 0.6 is 0 Å². The molecule has 1 N–H and O–H groups in total. The van der Waals surface area contributed by atoms with Crippen LogP contribution in [0.2, 0.25) is 0 Å². The minimum Gasteiger partial charge on any atom is -0.311 e. The molecular weight excluding hydrogens is 172 g/mol. The Balaban J connectivity index is 1.88. The minimum atomic E-state index is 0.510. The molecule has 2 rings (SSSR count). The van der Waals surface area contributed by atoms with Crippen LogP contribution in [0, 0.1) is 5.92 Å². The van der Waals surface area contributed by atoms with Crippen LogP contribution in [0.25, 0.3) is 0 Å². The molecule has 2 aliphatic rings. The third kappa shape index (κ3) is 2.12. The molecule has 2 unspecified atom stereocenters. The summed E-state index contributed by atoms with van der Waals surface area (Å²) in [5, 5.41) is 3.74. The van der Waals surface area contributed by atoms with Gasteiger partial charge in [-0.2, -0.15) is 0 Å². The van der Waals surface area contributed by atoms with Gasteiger partial charge in [0.05, 0.1) is 0 Å². The maximum atomic E-state index is 3.74. The van der Waals surface area contributed by atoms with Crippen molar-refractivity contribution in [3.05, 3.63) is 0 Å². The van der Waals surface area contributed by atoms with E-state index in [9.17, 15) is 0 Å². The molecule has 2 atom stereocenters. The molecular formula is C12H24N2. The standard InChI is InChI=1S/C12H24N2/c1-3-12(6-4-7-13-12)9-11-5-8-14(2)10-11/h11,13H,3-10H2,1-2H3. The van der Waals surface area contributed by atoms with Crippen molar-refractivity contribution < 1.29 is 0 Å². The number of likely N-dealkylation sites (tertiary alicyclic amines) is 1. The van der Waals surface area contributed by atoms with Crippen LogP contribution in [0.15, 0.2) is 0 Å². The van der Waals surface area contributed by atoms with E-state index < -0.39 is 0 Å². The van der Waals surface area contributed by atoms with Gasteiger partial charge < -0.3 is 10.2 Å². The van der Waals surface area contributed by atoms with Crippen molar-refractivity contribution in [2.24, 2.45) is 5.92 Å². The first kappa shape index (κ1) is 10.4. The van der Waals surface area contributed by atoms with Gasteiger partial charge >= 0.3 is 0 Å². The number of rotatable bonds is 3. The summed E-state index contributed by atoms with van der Waals surface area (Å²) < 4.78 is 0. The molecule has 2 heterocycles. The molecule has 0 saturated carbocycles. The summed E-state index contributed by atoms with van der Waals surface area (Å²) in [6.45, 7) is 6.22. The first-order valence-electron chi connectivity index (χ1n) is 6.18. The fourth-order valence-electron chi connectivity index (χ4n) is 3.23. The first-order valence-corrected chi connectivity index (χ1v) is 6.18. The van der Waals surface area contributed by atoms with E-state index in [1.807, 2.05) is 0 Å². The third-order valence-corrected chi connectivity index (χ3v) is 4.18. The number of hydrogen-bond donors (Lipinski definition) is 1. The molecule has 2 heteroatoms. The van der Waals surface area contributed by atoms with Crippen LogP contribution in [0.1, 0.15) is 39.0 Å². The van der Waals surface area contributed by atoms with Gasteiger partial charge in [-0.25, -0.2) is 0 Å². The summed E-state index contributed by atoms with van der Waals surface area (Å²) in [4.78, 5) is 2.48. The Hall–Kier alpha value is -0.0800. The fraction of sp³-hybridized carbons (Fsp3) is 1.00. The van der Waals surface area contributed by atoms with Crippen LogP contribution in [-0.4, -0.2) is 37.1 Å². The molecule has 0 amide bonds. The molecule has 2 saturated heterocycles. The lowest BCUT2D eigenvalue weighted by Gasteiger charge is -2.31. The maximum Gasteiger partial charge on any atom is 0.0182 e. The van der Waals surface area contributed by atoms with Crippen molar-refractivity contribution in [1.82, 2.24) is 10.2 Å². The first-order chi connectivity index (χ1) is 6.74. The van der Waals surface area contributed by atoms with Gasteiger partial charge in [0.2, 0.25) is 0 Å². The van der Waals surface area contributed by atoms with Gasteiger partial charge in [-0.3, -0.25) is 0 Å². The average molecular weight is 196 g/mol. The molecule has 2 fully saturated rings. The number of hydrogen-bond acceptors (Lipinski definition) is 2. The second-order valence-electron chi connectivity index (χ2n) is 5.29. The molecule has 14 heavy (non-hydrogen) atoms. The minimum absolute atomic E-state index is 0.510. The highest BCUT2D eigenvalue weighted by molar-refractivity contribution is 4.94. The van der Waals surface area contributed by atoms with Gasteiger partial charge in [0, 0.05) is 12.1 Å². The zero-order valence-electron chi connectivity index (χ0n) is 9.68. The highest BCUT2D eigenvalue weighted by Crippen LogP contribution is 2.33. The number of nitrogens with zero attached hydrogens (tertiary/aromatic N) is 1. The van der Waals surface area contributed by atoms with E-state index in [1.165, 1.54) is 51.7 Å². The Bertz CT molecular complexity index is 185. The Morgan fingerprint density at radius 3 is 2.86 bits per heavy atom.